The van der Waals surface area contributed by atoms with Gasteiger partial charge in [0.25, 0.3) is 5.78 Å². The van der Waals surface area contributed by atoms with Crippen molar-refractivity contribution in [3.05, 3.63) is 116 Å². The maximum absolute atomic E-state index is 13.5. The van der Waals surface area contributed by atoms with E-state index in [1.807, 2.05) is 37.3 Å². The summed E-state index contributed by atoms with van der Waals surface area (Å²) in [6.45, 7) is 4.02. The first kappa shape index (κ1) is 28.3. The van der Waals surface area contributed by atoms with Gasteiger partial charge in [-0.3, -0.25) is 14.5 Å². The molecule has 1 fully saturated rings. The van der Waals surface area contributed by atoms with Gasteiger partial charge in [0.2, 0.25) is 0 Å². The van der Waals surface area contributed by atoms with Gasteiger partial charge >= 0.3 is 11.9 Å². The number of nitrogens with zero attached hydrogens (tertiary/aromatic N) is 2. The van der Waals surface area contributed by atoms with Crippen LogP contribution in [-0.4, -0.2) is 34.9 Å². The number of thiazole rings is 1. The van der Waals surface area contributed by atoms with Gasteiger partial charge in [0.1, 0.15) is 23.0 Å². The molecule has 1 aliphatic rings. The molecular formula is C31H25BrN2O6S. The molecule has 2 heterocycles. The number of aliphatic hydroxyl groups is 1. The molecule has 0 saturated carbocycles. The second-order valence-corrected chi connectivity index (χ2v) is 11.3. The number of carbonyl (C=O) groups is 3. The van der Waals surface area contributed by atoms with Gasteiger partial charge < -0.3 is 14.6 Å². The first-order valence-electron chi connectivity index (χ1n) is 12.6. The number of anilines is 1. The topological polar surface area (TPSA) is 106 Å². The molecule has 1 unspecified atom stereocenters. The fourth-order valence-corrected chi connectivity index (χ4v) is 6.02. The Hall–Kier alpha value is -4.28. The van der Waals surface area contributed by atoms with Gasteiger partial charge in [-0.1, -0.05) is 63.7 Å². The molecule has 1 aliphatic heterocycles. The summed E-state index contributed by atoms with van der Waals surface area (Å²) in [4.78, 5) is 45.0. The number of methoxy groups -OCH3 is 1. The Morgan fingerprint density at radius 3 is 2.46 bits per heavy atom. The van der Waals surface area contributed by atoms with Gasteiger partial charge in [0.15, 0.2) is 5.13 Å². The quantitative estimate of drug-likeness (QED) is 0.107. The SMILES string of the molecule is COC(=O)c1sc(N2C(=O)C(=O)C(=C(O)c3ccc(OCc4ccccc4C)cc3)C2c2cccc(Br)c2)nc1C. The average Bonchev–Trinajstić information content (AvgIpc) is 3.48. The highest BCUT2D eigenvalue weighted by molar-refractivity contribution is 9.10. The van der Waals surface area contributed by atoms with Crippen LogP contribution in [0.2, 0.25) is 0 Å². The first-order valence-corrected chi connectivity index (χ1v) is 14.2. The normalized spacial score (nSPS) is 16.2. The second-order valence-electron chi connectivity index (χ2n) is 9.37. The minimum Gasteiger partial charge on any atom is -0.507 e. The van der Waals surface area contributed by atoms with Crippen molar-refractivity contribution >= 4 is 55.8 Å². The number of amides is 1. The zero-order valence-electron chi connectivity index (χ0n) is 22.4. The highest BCUT2D eigenvalue weighted by Crippen LogP contribution is 2.44. The number of ether oxygens (including phenoxy) is 2. The summed E-state index contributed by atoms with van der Waals surface area (Å²) in [5, 5.41) is 11.6. The number of esters is 1. The van der Waals surface area contributed by atoms with Gasteiger partial charge in [-0.25, -0.2) is 9.78 Å². The van der Waals surface area contributed by atoms with Crippen molar-refractivity contribution in [1.29, 1.82) is 0 Å². The molecule has 1 aromatic heterocycles. The molecule has 41 heavy (non-hydrogen) atoms. The van der Waals surface area contributed by atoms with Crippen molar-refractivity contribution in [1.82, 2.24) is 4.98 Å². The standard InChI is InChI=1S/C31H25BrN2O6S/c1-17-7-4-5-8-21(17)16-40-23-13-11-19(12-14-23)26(35)24-25(20-9-6-10-22(32)15-20)34(29(37)27(24)36)31-33-18(2)28(41-31)30(38)39-3/h4-15,25,35H,16H2,1-3H3. The number of ketones is 1. The Balaban J connectivity index is 1.54. The number of Topliss-reactive ketones (excluding diaryl/α,β-unsaturated/α-hetero) is 1. The molecule has 10 heteroatoms. The lowest BCUT2D eigenvalue weighted by Gasteiger charge is -2.23. The molecule has 5 rings (SSSR count). The molecule has 0 bridgehead atoms. The van der Waals surface area contributed by atoms with Crippen molar-refractivity contribution in [2.24, 2.45) is 0 Å². The average molecular weight is 634 g/mol. The number of hydrogen-bond donors (Lipinski definition) is 1. The summed E-state index contributed by atoms with van der Waals surface area (Å²) < 4.78 is 11.5. The monoisotopic (exact) mass is 632 g/mol. The van der Waals surface area contributed by atoms with E-state index in [4.69, 9.17) is 9.47 Å². The van der Waals surface area contributed by atoms with Gasteiger partial charge in [-0.15, -0.1) is 0 Å². The van der Waals surface area contributed by atoms with Crippen molar-refractivity contribution in [2.45, 2.75) is 26.5 Å². The van der Waals surface area contributed by atoms with Gasteiger partial charge in [-0.2, -0.15) is 0 Å². The smallest absolute Gasteiger partial charge is 0.350 e. The molecule has 3 aromatic carbocycles. The summed E-state index contributed by atoms with van der Waals surface area (Å²) in [5.41, 5.74) is 3.37. The van der Waals surface area contributed by atoms with Gasteiger partial charge in [-0.05, 0) is 66.9 Å². The summed E-state index contributed by atoms with van der Waals surface area (Å²) >= 11 is 4.40. The van der Waals surface area contributed by atoms with Crippen LogP contribution in [-0.2, 0) is 20.9 Å². The Kier molecular flexibility index (Phi) is 8.05. The second kappa shape index (κ2) is 11.7. The number of aliphatic hydroxyl groups excluding tert-OH is 1. The van der Waals surface area contributed by atoms with Crippen LogP contribution in [0.5, 0.6) is 5.75 Å². The lowest BCUT2D eigenvalue weighted by Crippen LogP contribution is -2.29. The Bertz CT molecular complexity index is 1690. The van der Waals surface area contributed by atoms with Crippen LogP contribution in [0.25, 0.3) is 5.76 Å². The highest BCUT2D eigenvalue weighted by atomic mass is 79.9. The summed E-state index contributed by atoms with van der Waals surface area (Å²) in [7, 11) is 1.26. The molecule has 0 spiro atoms. The summed E-state index contributed by atoms with van der Waals surface area (Å²) in [6, 6.07) is 20.7. The molecule has 1 saturated heterocycles. The van der Waals surface area contributed by atoms with Crippen LogP contribution in [0.4, 0.5) is 5.13 Å². The van der Waals surface area contributed by atoms with E-state index in [2.05, 4.69) is 20.9 Å². The molecule has 208 valence electrons. The molecule has 0 aliphatic carbocycles. The number of rotatable bonds is 7. The molecular weight excluding hydrogens is 608 g/mol. The van der Waals surface area contributed by atoms with Crippen LogP contribution in [0, 0.1) is 13.8 Å². The molecule has 1 atom stereocenters. The first-order chi connectivity index (χ1) is 19.7. The highest BCUT2D eigenvalue weighted by Gasteiger charge is 2.48. The fraction of sp³-hybridized carbons (Fsp3) is 0.161. The minimum absolute atomic E-state index is 0.0888. The zero-order chi connectivity index (χ0) is 29.3. The van der Waals surface area contributed by atoms with E-state index in [1.54, 1.807) is 49.4 Å². The Morgan fingerprint density at radius 2 is 1.78 bits per heavy atom. The zero-order valence-corrected chi connectivity index (χ0v) is 24.8. The van der Waals surface area contributed by atoms with Crippen molar-refractivity contribution in [2.75, 3.05) is 12.0 Å². The van der Waals surface area contributed by atoms with E-state index < -0.39 is 23.7 Å². The van der Waals surface area contributed by atoms with E-state index in [1.165, 1.54) is 12.0 Å². The maximum atomic E-state index is 13.5. The predicted octanol–water partition coefficient (Wildman–Crippen LogP) is 6.51. The van der Waals surface area contributed by atoms with Crippen LogP contribution in [0.3, 0.4) is 0 Å². The molecule has 0 radical (unpaired) electrons. The van der Waals surface area contributed by atoms with E-state index in [-0.39, 0.29) is 21.3 Å². The number of halogens is 1. The van der Waals surface area contributed by atoms with Crippen LogP contribution in [0.1, 0.15) is 43.7 Å². The number of hydrogen-bond acceptors (Lipinski definition) is 8. The lowest BCUT2D eigenvalue weighted by atomic mass is 9.95. The molecule has 1 N–H and O–H groups in total. The number of aromatic nitrogens is 1. The Morgan fingerprint density at radius 1 is 1.05 bits per heavy atom. The van der Waals surface area contributed by atoms with E-state index in [0.717, 1.165) is 26.9 Å². The van der Waals surface area contributed by atoms with E-state index in [9.17, 15) is 19.5 Å². The number of aryl methyl sites for hydroxylation is 2. The van der Waals surface area contributed by atoms with Crippen molar-refractivity contribution < 1.29 is 29.0 Å². The minimum atomic E-state index is -0.986. The van der Waals surface area contributed by atoms with Gasteiger partial charge in [0, 0.05) is 10.0 Å². The number of carbonyl (C=O) groups excluding carboxylic acids is 3. The molecule has 8 nitrogen and oxygen atoms in total. The third kappa shape index (κ3) is 5.53. The number of benzene rings is 3. The third-order valence-corrected chi connectivity index (χ3v) is 8.38. The van der Waals surface area contributed by atoms with Gasteiger partial charge in [0.05, 0.1) is 24.4 Å². The largest absolute Gasteiger partial charge is 0.507 e. The fourth-order valence-electron chi connectivity index (χ4n) is 4.59. The predicted molar refractivity (Wildman–Crippen MR) is 159 cm³/mol. The maximum Gasteiger partial charge on any atom is 0.350 e. The van der Waals surface area contributed by atoms with E-state index in [0.29, 0.717) is 29.2 Å². The summed E-state index contributed by atoms with van der Waals surface area (Å²) in [6.07, 6.45) is 0. The molecule has 4 aromatic rings. The lowest BCUT2D eigenvalue weighted by molar-refractivity contribution is -0.132. The molecule has 1 amide bonds. The van der Waals surface area contributed by atoms with Crippen molar-refractivity contribution in [3.63, 3.8) is 0 Å². The van der Waals surface area contributed by atoms with Crippen LogP contribution >= 0.6 is 27.3 Å². The van der Waals surface area contributed by atoms with Crippen molar-refractivity contribution in [3.8, 4) is 5.75 Å². The Labute approximate surface area is 249 Å². The third-order valence-electron chi connectivity index (χ3n) is 6.75. The van der Waals surface area contributed by atoms with Crippen LogP contribution < -0.4 is 9.64 Å². The van der Waals surface area contributed by atoms with Crippen LogP contribution in [0.15, 0.2) is 82.8 Å². The van der Waals surface area contributed by atoms with E-state index >= 15 is 0 Å². The summed E-state index contributed by atoms with van der Waals surface area (Å²) in [5.74, 6) is -2.06.